The van der Waals surface area contributed by atoms with Crippen molar-refractivity contribution in [2.75, 3.05) is 13.2 Å². The van der Waals surface area contributed by atoms with E-state index in [2.05, 4.69) is 21.2 Å². The van der Waals surface area contributed by atoms with Crippen LogP contribution in [-0.4, -0.2) is 31.1 Å². The van der Waals surface area contributed by atoms with Crippen LogP contribution >= 0.6 is 15.9 Å². The van der Waals surface area contributed by atoms with E-state index in [0.29, 0.717) is 13.0 Å². The van der Waals surface area contributed by atoms with Gasteiger partial charge in [-0.2, -0.15) is 0 Å². The van der Waals surface area contributed by atoms with Crippen molar-refractivity contribution < 1.29 is 19.1 Å². The van der Waals surface area contributed by atoms with E-state index in [0.717, 1.165) is 35.9 Å². The van der Waals surface area contributed by atoms with E-state index in [4.69, 9.17) is 9.47 Å². The van der Waals surface area contributed by atoms with Crippen molar-refractivity contribution >= 4 is 27.8 Å². The minimum atomic E-state index is -0.369. The molecule has 2 rings (SSSR count). The number of amides is 1. The van der Waals surface area contributed by atoms with Gasteiger partial charge in [-0.1, -0.05) is 28.8 Å². The Morgan fingerprint density at radius 1 is 1.17 bits per heavy atom. The molecule has 1 fully saturated rings. The van der Waals surface area contributed by atoms with Gasteiger partial charge in [0.25, 0.3) is 5.91 Å². The number of hydrogen-bond donors (Lipinski definition) is 1. The van der Waals surface area contributed by atoms with Gasteiger partial charge in [0, 0.05) is 16.9 Å². The summed E-state index contributed by atoms with van der Waals surface area (Å²) in [7, 11) is 0. The Balaban J connectivity index is 1.52. The van der Waals surface area contributed by atoms with Crippen LogP contribution in [0, 0.1) is 0 Å². The lowest BCUT2D eigenvalue weighted by molar-refractivity contribution is -0.148. The van der Waals surface area contributed by atoms with Crippen molar-refractivity contribution in [2.45, 2.75) is 44.6 Å². The minimum Gasteiger partial charge on any atom is -0.494 e. The van der Waals surface area contributed by atoms with Crippen molar-refractivity contribution in [1.29, 1.82) is 0 Å². The molecule has 0 radical (unpaired) electrons. The average Bonchev–Trinajstić information content (AvgIpc) is 3.04. The molecule has 23 heavy (non-hydrogen) atoms. The smallest absolute Gasteiger partial charge is 0.306 e. The zero-order valence-corrected chi connectivity index (χ0v) is 14.6. The molecule has 0 aliphatic heterocycles. The van der Waals surface area contributed by atoms with Gasteiger partial charge in [-0.3, -0.25) is 9.59 Å². The second-order valence-electron chi connectivity index (χ2n) is 5.62. The normalized spacial score (nSPS) is 14.5. The fourth-order valence-corrected chi connectivity index (χ4v) is 2.76. The molecule has 1 aromatic rings. The zero-order valence-electron chi connectivity index (χ0n) is 13.1. The van der Waals surface area contributed by atoms with Crippen molar-refractivity contribution in [1.82, 2.24) is 5.32 Å². The van der Waals surface area contributed by atoms with Crippen LogP contribution in [0.2, 0.25) is 0 Å². The molecule has 1 N–H and O–H groups in total. The van der Waals surface area contributed by atoms with Gasteiger partial charge in [0.1, 0.15) is 5.75 Å². The van der Waals surface area contributed by atoms with E-state index in [1.54, 1.807) is 0 Å². The second-order valence-corrected chi connectivity index (χ2v) is 6.53. The number of esters is 1. The number of carbonyl (C=O) groups is 2. The summed E-state index contributed by atoms with van der Waals surface area (Å²) < 4.78 is 11.5. The third-order valence-corrected chi connectivity index (χ3v) is 4.22. The number of halogens is 1. The Labute approximate surface area is 144 Å². The van der Waals surface area contributed by atoms with Gasteiger partial charge in [0.2, 0.25) is 0 Å². The Morgan fingerprint density at radius 2 is 1.87 bits per heavy atom. The quantitative estimate of drug-likeness (QED) is 0.552. The first-order chi connectivity index (χ1) is 11.1. The average molecular weight is 384 g/mol. The summed E-state index contributed by atoms with van der Waals surface area (Å²) in [6.07, 6.45) is 5.15. The molecule has 0 aromatic heterocycles. The van der Waals surface area contributed by atoms with Gasteiger partial charge in [0.05, 0.1) is 6.61 Å². The molecule has 1 aliphatic carbocycles. The largest absolute Gasteiger partial charge is 0.494 e. The number of benzene rings is 1. The maximum absolute atomic E-state index is 11.6. The molecule has 0 saturated heterocycles. The molecule has 126 valence electrons. The van der Waals surface area contributed by atoms with Crippen molar-refractivity contribution in [3.63, 3.8) is 0 Å². The van der Waals surface area contributed by atoms with Crippen molar-refractivity contribution in [3.05, 3.63) is 28.7 Å². The first kappa shape index (κ1) is 17.8. The van der Waals surface area contributed by atoms with E-state index in [1.807, 2.05) is 24.3 Å². The maximum atomic E-state index is 11.6. The summed E-state index contributed by atoms with van der Waals surface area (Å²) in [6, 6.07) is 7.76. The number of rotatable bonds is 8. The summed E-state index contributed by atoms with van der Waals surface area (Å²) in [5.74, 6) is 0.180. The number of nitrogens with one attached hydrogen (secondary N) is 1. The molecular formula is C17H22BrNO4. The number of hydrogen-bond acceptors (Lipinski definition) is 4. The lowest BCUT2D eigenvalue weighted by Crippen LogP contribution is -2.35. The van der Waals surface area contributed by atoms with E-state index in [9.17, 15) is 9.59 Å². The van der Waals surface area contributed by atoms with Crippen molar-refractivity contribution in [3.8, 4) is 5.75 Å². The lowest BCUT2D eigenvalue weighted by atomic mass is 10.2. The Hall–Kier alpha value is -1.56. The fourth-order valence-electron chi connectivity index (χ4n) is 2.50. The van der Waals surface area contributed by atoms with Crippen LogP contribution in [0.1, 0.15) is 38.5 Å². The Kier molecular flexibility index (Phi) is 7.39. The summed E-state index contributed by atoms with van der Waals surface area (Å²) in [5, 5.41) is 2.88. The van der Waals surface area contributed by atoms with E-state index in [1.165, 1.54) is 0 Å². The first-order valence-electron chi connectivity index (χ1n) is 7.97. The van der Waals surface area contributed by atoms with Crippen LogP contribution in [0.5, 0.6) is 5.75 Å². The molecule has 0 heterocycles. The van der Waals surface area contributed by atoms with Gasteiger partial charge in [-0.15, -0.1) is 0 Å². The van der Waals surface area contributed by atoms with Crippen molar-refractivity contribution in [2.24, 2.45) is 0 Å². The van der Waals surface area contributed by atoms with Crippen LogP contribution in [0.15, 0.2) is 28.7 Å². The third-order valence-electron chi connectivity index (χ3n) is 3.69. The Morgan fingerprint density at radius 3 is 2.57 bits per heavy atom. The number of carbonyl (C=O) groups excluding carboxylic acids is 2. The molecule has 0 atom stereocenters. The lowest BCUT2D eigenvalue weighted by Gasteiger charge is -2.12. The van der Waals surface area contributed by atoms with E-state index in [-0.39, 0.29) is 30.9 Å². The maximum Gasteiger partial charge on any atom is 0.306 e. The third kappa shape index (κ3) is 7.03. The molecule has 5 nitrogen and oxygen atoms in total. The summed E-state index contributed by atoms with van der Waals surface area (Å²) in [6.45, 7) is 0.244. The van der Waals surface area contributed by atoms with E-state index >= 15 is 0 Å². The predicted octanol–water partition coefficient (Wildman–Crippen LogP) is 3.21. The van der Waals surface area contributed by atoms with Crippen LogP contribution in [0.4, 0.5) is 0 Å². The van der Waals surface area contributed by atoms with Gasteiger partial charge in [0.15, 0.2) is 6.61 Å². The second kappa shape index (κ2) is 9.55. The van der Waals surface area contributed by atoms with Gasteiger partial charge < -0.3 is 14.8 Å². The molecular weight excluding hydrogens is 362 g/mol. The Bertz CT molecular complexity index is 512. The van der Waals surface area contributed by atoms with Crippen LogP contribution < -0.4 is 10.1 Å². The monoisotopic (exact) mass is 383 g/mol. The highest BCUT2D eigenvalue weighted by molar-refractivity contribution is 9.10. The van der Waals surface area contributed by atoms with E-state index < -0.39 is 0 Å². The van der Waals surface area contributed by atoms with Crippen LogP contribution in [0.3, 0.4) is 0 Å². The summed E-state index contributed by atoms with van der Waals surface area (Å²) in [4.78, 5) is 23.2. The standard InChI is InChI=1S/C17H22BrNO4/c18-13-7-9-15(10-8-13)22-11-3-6-17(21)23-12-16(20)19-14-4-1-2-5-14/h7-10,14H,1-6,11-12H2,(H,19,20). The molecule has 1 aromatic carbocycles. The molecule has 0 bridgehead atoms. The minimum absolute atomic E-state index is 0.192. The summed E-state index contributed by atoms with van der Waals surface area (Å²) >= 11 is 3.35. The van der Waals surface area contributed by atoms with Crippen LogP contribution in [-0.2, 0) is 14.3 Å². The van der Waals surface area contributed by atoms with Crippen LogP contribution in [0.25, 0.3) is 0 Å². The first-order valence-corrected chi connectivity index (χ1v) is 8.76. The highest BCUT2D eigenvalue weighted by Crippen LogP contribution is 2.17. The highest BCUT2D eigenvalue weighted by Gasteiger charge is 2.17. The fraction of sp³-hybridized carbons (Fsp3) is 0.529. The molecule has 6 heteroatoms. The SMILES string of the molecule is O=C(COC(=O)CCCOc1ccc(Br)cc1)NC1CCCC1. The molecule has 0 spiro atoms. The molecule has 1 amide bonds. The summed E-state index contributed by atoms with van der Waals surface area (Å²) in [5.41, 5.74) is 0. The van der Waals surface area contributed by atoms with Gasteiger partial charge in [-0.25, -0.2) is 0 Å². The molecule has 1 aliphatic rings. The molecule has 1 saturated carbocycles. The van der Waals surface area contributed by atoms with Gasteiger partial charge in [-0.05, 0) is 43.5 Å². The molecule has 0 unspecified atom stereocenters. The number of ether oxygens (including phenoxy) is 2. The predicted molar refractivity (Wildman–Crippen MR) is 90.2 cm³/mol. The van der Waals surface area contributed by atoms with Gasteiger partial charge >= 0.3 is 5.97 Å². The highest BCUT2D eigenvalue weighted by atomic mass is 79.9. The topological polar surface area (TPSA) is 64.6 Å². The zero-order chi connectivity index (χ0) is 16.5.